The van der Waals surface area contributed by atoms with Crippen molar-refractivity contribution >= 4 is 27.4 Å². The predicted octanol–water partition coefficient (Wildman–Crippen LogP) is 2.00. The third-order valence-corrected chi connectivity index (χ3v) is 5.92. The molecule has 6 heterocycles. The summed E-state index contributed by atoms with van der Waals surface area (Å²) >= 11 is 1.71. The number of nitrogens with zero attached hydrogens (tertiary/aromatic N) is 3. The molecule has 4 aliphatic rings. The van der Waals surface area contributed by atoms with Crippen LogP contribution in [0.2, 0.25) is 0 Å². The molecule has 0 saturated carbocycles. The molecule has 2 aromatic rings. The number of piperidine rings is 3. The summed E-state index contributed by atoms with van der Waals surface area (Å²) in [6.07, 6.45) is 4.20. The second-order valence-corrected chi connectivity index (χ2v) is 7.14. The number of hydroxylamine groups is 1. The lowest BCUT2D eigenvalue weighted by molar-refractivity contribution is -0.155. The Balaban J connectivity index is 1.54. The van der Waals surface area contributed by atoms with Gasteiger partial charge in [-0.3, -0.25) is 9.88 Å². The van der Waals surface area contributed by atoms with Crippen LogP contribution in [0.5, 0.6) is 0 Å². The first-order valence-electron chi connectivity index (χ1n) is 7.44. The normalized spacial score (nSPS) is 34.4. The van der Waals surface area contributed by atoms with Crippen molar-refractivity contribution in [1.29, 1.82) is 0 Å². The molecular formula is C15H16N4OS. The van der Waals surface area contributed by atoms with Crippen molar-refractivity contribution in [3.63, 3.8) is 0 Å². The molecule has 1 atom stereocenters. The fraction of sp³-hybridized carbons (Fsp3) is 0.467. The van der Waals surface area contributed by atoms with Gasteiger partial charge >= 0.3 is 0 Å². The Hall–Kier alpha value is -1.50. The van der Waals surface area contributed by atoms with Gasteiger partial charge in [0.2, 0.25) is 5.72 Å². The van der Waals surface area contributed by atoms with Gasteiger partial charge in [0.05, 0.1) is 21.6 Å². The van der Waals surface area contributed by atoms with E-state index < -0.39 is 0 Å². The van der Waals surface area contributed by atoms with Crippen molar-refractivity contribution in [1.82, 2.24) is 15.4 Å². The van der Waals surface area contributed by atoms with E-state index in [1.807, 2.05) is 12.3 Å². The van der Waals surface area contributed by atoms with Crippen molar-refractivity contribution in [2.24, 2.45) is 10.9 Å². The van der Waals surface area contributed by atoms with Crippen molar-refractivity contribution in [2.75, 3.05) is 19.6 Å². The van der Waals surface area contributed by atoms with Crippen molar-refractivity contribution in [3.05, 3.63) is 29.3 Å². The highest BCUT2D eigenvalue weighted by molar-refractivity contribution is 7.20. The van der Waals surface area contributed by atoms with E-state index in [4.69, 9.17) is 9.83 Å². The predicted molar refractivity (Wildman–Crippen MR) is 82.3 cm³/mol. The summed E-state index contributed by atoms with van der Waals surface area (Å²) in [4.78, 5) is 18.9. The molecule has 0 unspecified atom stereocenters. The number of rotatable bonds is 1. The molecule has 1 spiro atoms. The summed E-state index contributed by atoms with van der Waals surface area (Å²) in [6, 6.07) is 6.16. The van der Waals surface area contributed by atoms with E-state index in [-0.39, 0.29) is 5.72 Å². The molecule has 3 fully saturated rings. The number of amidine groups is 1. The smallest absolute Gasteiger partial charge is 0.202 e. The van der Waals surface area contributed by atoms with Gasteiger partial charge in [-0.15, -0.1) is 11.3 Å². The van der Waals surface area contributed by atoms with Crippen LogP contribution in [0.25, 0.3) is 10.2 Å². The monoisotopic (exact) mass is 300 g/mol. The minimum atomic E-state index is -0.366. The lowest BCUT2D eigenvalue weighted by Crippen LogP contribution is -2.58. The van der Waals surface area contributed by atoms with Gasteiger partial charge in [0.15, 0.2) is 5.84 Å². The third-order valence-electron chi connectivity index (χ3n) is 4.82. The summed E-state index contributed by atoms with van der Waals surface area (Å²) in [5, 5.41) is 0. The first-order valence-corrected chi connectivity index (χ1v) is 8.25. The van der Waals surface area contributed by atoms with Crippen LogP contribution in [0.3, 0.4) is 0 Å². The van der Waals surface area contributed by atoms with Crippen molar-refractivity contribution in [3.8, 4) is 0 Å². The van der Waals surface area contributed by atoms with E-state index in [1.54, 1.807) is 11.3 Å². The van der Waals surface area contributed by atoms with Crippen LogP contribution < -0.4 is 5.48 Å². The number of pyridine rings is 1. The molecule has 6 rings (SSSR count). The molecule has 5 nitrogen and oxygen atoms in total. The van der Waals surface area contributed by atoms with Gasteiger partial charge in [-0.1, -0.05) is 0 Å². The maximum atomic E-state index is 5.97. The maximum Gasteiger partial charge on any atom is 0.202 e. The second kappa shape index (κ2) is 4.25. The minimum absolute atomic E-state index is 0.366. The highest BCUT2D eigenvalue weighted by Crippen LogP contribution is 2.41. The molecule has 3 saturated heterocycles. The van der Waals surface area contributed by atoms with Gasteiger partial charge in [0, 0.05) is 12.1 Å². The van der Waals surface area contributed by atoms with Crippen LogP contribution in [-0.2, 0) is 4.84 Å². The zero-order chi connectivity index (χ0) is 13.9. The molecule has 4 aliphatic heterocycles. The SMILES string of the molecule is c1cnc2cc(C3=N[C@@]4(CN5CCC4CC5)ON3)sc2c1. The Bertz CT molecular complexity index is 701. The van der Waals surface area contributed by atoms with E-state index in [0.717, 1.165) is 22.8 Å². The lowest BCUT2D eigenvalue weighted by Gasteiger charge is -2.47. The van der Waals surface area contributed by atoms with Crippen LogP contribution >= 0.6 is 11.3 Å². The third kappa shape index (κ3) is 1.76. The molecule has 2 bridgehead atoms. The molecular weight excluding hydrogens is 284 g/mol. The summed E-state index contributed by atoms with van der Waals surface area (Å²) in [5.41, 5.74) is 3.74. The average Bonchev–Trinajstić information content (AvgIpc) is 3.13. The molecule has 6 heteroatoms. The molecule has 0 aromatic carbocycles. The number of fused-ring (bicyclic) bond motifs is 3. The van der Waals surface area contributed by atoms with Crippen LogP contribution in [0, 0.1) is 5.92 Å². The molecule has 108 valence electrons. The van der Waals surface area contributed by atoms with Crippen LogP contribution in [0.15, 0.2) is 29.4 Å². The van der Waals surface area contributed by atoms with E-state index in [9.17, 15) is 0 Å². The zero-order valence-electron chi connectivity index (χ0n) is 11.6. The van der Waals surface area contributed by atoms with Gasteiger partial charge in [-0.2, -0.15) is 0 Å². The average molecular weight is 300 g/mol. The minimum Gasteiger partial charge on any atom is -0.298 e. The first-order chi connectivity index (χ1) is 10.3. The van der Waals surface area contributed by atoms with E-state index in [2.05, 4.69) is 27.5 Å². The largest absolute Gasteiger partial charge is 0.298 e. The number of nitrogens with one attached hydrogen (secondary N) is 1. The zero-order valence-corrected chi connectivity index (χ0v) is 12.4. The fourth-order valence-electron chi connectivity index (χ4n) is 3.70. The Morgan fingerprint density at radius 2 is 2.29 bits per heavy atom. The summed E-state index contributed by atoms with van der Waals surface area (Å²) < 4.78 is 1.19. The summed E-state index contributed by atoms with van der Waals surface area (Å²) in [7, 11) is 0. The number of aliphatic imine (C=N–C) groups is 1. The molecule has 2 aromatic heterocycles. The fourth-order valence-corrected chi connectivity index (χ4v) is 4.65. The van der Waals surface area contributed by atoms with Crippen LogP contribution in [-0.4, -0.2) is 41.1 Å². The number of thiophene rings is 1. The standard InChI is InChI=1S/C15H16N4OS/c1-2-12-11(16-5-1)8-13(21-12)14-17-15(20-18-14)9-19-6-3-10(15)4-7-19/h1-2,5,8,10H,3-4,6-7,9H2,(H,17,18)/t15-/m0/s1. The van der Waals surface area contributed by atoms with Gasteiger partial charge in [-0.25, -0.2) is 15.3 Å². The highest BCUT2D eigenvalue weighted by atomic mass is 32.1. The number of hydrogen-bond donors (Lipinski definition) is 1. The highest BCUT2D eigenvalue weighted by Gasteiger charge is 2.51. The first kappa shape index (κ1) is 12.1. The summed E-state index contributed by atoms with van der Waals surface area (Å²) in [5.74, 6) is 1.41. The van der Waals surface area contributed by atoms with E-state index in [0.29, 0.717) is 5.92 Å². The molecule has 1 N–H and O–H groups in total. The molecule has 0 aliphatic carbocycles. The molecule has 0 radical (unpaired) electrons. The molecule has 21 heavy (non-hydrogen) atoms. The topological polar surface area (TPSA) is 49.8 Å². The van der Waals surface area contributed by atoms with Gasteiger partial charge in [0.25, 0.3) is 0 Å². The van der Waals surface area contributed by atoms with Gasteiger partial charge in [0.1, 0.15) is 0 Å². The van der Waals surface area contributed by atoms with E-state index in [1.165, 1.54) is 30.6 Å². The Kier molecular flexibility index (Phi) is 2.45. The van der Waals surface area contributed by atoms with Crippen LogP contribution in [0.4, 0.5) is 0 Å². The van der Waals surface area contributed by atoms with Gasteiger partial charge in [-0.05, 0) is 44.1 Å². The number of aromatic nitrogens is 1. The van der Waals surface area contributed by atoms with Crippen molar-refractivity contribution in [2.45, 2.75) is 18.6 Å². The van der Waals surface area contributed by atoms with Crippen LogP contribution in [0.1, 0.15) is 17.7 Å². The Labute approximate surface area is 126 Å². The van der Waals surface area contributed by atoms with Gasteiger partial charge < -0.3 is 0 Å². The lowest BCUT2D eigenvalue weighted by atomic mass is 9.81. The van der Waals surface area contributed by atoms with Crippen molar-refractivity contribution < 1.29 is 4.84 Å². The Morgan fingerprint density at radius 3 is 3.05 bits per heavy atom. The summed E-state index contributed by atoms with van der Waals surface area (Å²) in [6.45, 7) is 3.29. The number of hydrogen-bond acceptors (Lipinski definition) is 6. The second-order valence-electron chi connectivity index (χ2n) is 6.06. The Morgan fingerprint density at radius 1 is 1.38 bits per heavy atom. The quantitative estimate of drug-likeness (QED) is 0.875. The maximum absolute atomic E-state index is 5.97. The van der Waals surface area contributed by atoms with E-state index >= 15 is 0 Å². The molecule has 0 amide bonds.